The van der Waals surface area contributed by atoms with Crippen LogP contribution in [0.15, 0.2) is 48.5 Å². The van der Waals surface area contributed by atoms with Crippen molar-refractivity contribution < 1.29 is 4.74 Å². The number of hydrogen-bond acceptors (Lipinski definition) is 3. The summed E-state index contributed by atoms with van der Waals surface area (Å²) in [5, 5.41) is 8.70. The predicted octanol–water partition coefficient (Wildman–Crippen LogP) is 2.76. The summed E-state index contributed by atoms with van der Waals surface area (Å²) in [7, 11) is 0. The minimum absolute atomic E-state index is 0.570. The molecule has 3 nitrogen and oxygen atoms in total. The molecule has 0 fully saturated rings. The minimum Gasteiger partial charge on any atom is -0.491 e. The van der Waals surface area contributed by atoms with Crippen LogP contribution in [-0.4, -0.2) is 6.61 Å². The third-order valence-electron chi connectivity index (χ3n) is 2.65. The normalized spacial score (nSPS) is 9.72. The molecule has 0 saturated heterocycles. The Bertz CT molecular complexity index is 555. The molecule has 0 amide bonds. The second kappa shape index (κ2) is 5.74. The maximum Gasteiger partial charge on any atom is 0.142 e. The molecule has 0 unspecified atom stereocenters. The SMILES string of the molecule is N#Cc1ccc(CCOc2ccccc2N)cc1. The quantitative estimate of drug-likeness (QED) is 0.833. The van der Waals surface area contributed by atoms with Gasteiger partial charge < -0.3 is 10.5 Å². The lowest BCUT2D eigenvalue weighted by molar-refractivity contribution is 0.323. The van der Waals surface area contributed by atoms with Gasteiger partial charge in [0.15, 0.2) is 0 Å². The number of benzene rings is 2. The average molecular weight is 238 g/mol. The first-order valence-corrected chi connectivity index (χ1v) is 5.76. The number of nitrogens with two attached hydrogens (primary N) is 1. The Hall–Kier alpha value is -2.47. The van der Waals surface area contributed by atoms with E-state index in [9.17, 15) is 0 Å². The van der Waals surface area contributed by atoms with E-state index in [1.165, 1.54) is 0 Å². The Morgan fingerprint density at radius 1 is 1.06 bits per heavy atom. The molecule has 2 N–H and O–H groups in total. The van der Waals surface area contributed by atoms with Gasteiger partial charge in [0.1, 0.15) is 5.75 Å². The zero-order valence-corrected chi connectivity index (χ0v) is 9.97. The number of nitrogens with zero attached hydrogens (tertiary/aromatic N) is 1. The monoisotopic (exact) mass is 238 g/mol. The van der Waals surface area contributed by atoms with Crippen molar-refractivity contribution in [1.82, 2.24) is 0 Å². The van der Waals surface area contributed by atoms with Crippen molar-refractivity contribution in [3.05, 3.63) is 59.7 Å². The van der Waals surface area contributed by atoms with Gasteiger partial charge in [-0.05, 0) is 29.8 Å². The summed E-state index contributed by atoms with van der Waals surface area (Å²) in [5.74, 6) is 0.714. The molecule has 0 aliphatic heterocycles. The first kappa shape index (κ1) is 12.0. The summed E-state index contributed by atoms with van der Waals surface area (Å²) in [6.07, 6.45) is 0.792. The lowest BCUT2D eigenvalue weighted by Gasteiger charge is -2.08. The van der Waals surface area contributed by atoms with Crippen molar-refractivity contribution in [3.8, 4) is 11.8 Å². The fourth-order valence-corrected chi connectivity index (χ4v) is 1.64. The highest BCUT2D eigenvalue weighted by Crippen LogP contribution is 2.19. The molecule has 18 heavy (non-hydrogen) atoms. The molecular formula is C15H14N2O. The largest absolute Gasteiger partial charge is 0.491 e. The molecule has 0 atom stereocenters. The summed E-state index contributed by atoms with van der Waals surface area (Å²) in [5.41, 5.74) is 8.24. The molecule has 0 heterocycles. The van der Waals surface area contributed by atoms with Gasteiger partial charge in [0, 0.05) is 6.42 Å². The molecule has 0 spiro atoms. The van der Waals surface area contributed by atoms with Gasteiger partial charge in [-0.2, -0.15) is 5.26 Å². The Morgan fingerprint density at radius 3 is 2.44 bits per heavy atom. The average Bonchev–Trinajstić information content (AvgIpc) is 2.42. The van der Waals surface area contributed by atoms with Crippen LogP contribution in [0.2, 0.25) is 0 Å². The fraction of sp³-hybridized carbons (Fsp3) is 0.133. The van der Waals surface area contributed by atoms with Gasteiger partial charge in [0.05, 0.1) is 23.9 Å². The Labute approximate surface area is 106 Å². The van der Waals surface area contributed by atoms with E-state index in [1.807, 2.05) is 48.5 Å². The zero-order valence-electron chi connectivity index (χ0n) is 9.97. The van der Waals surface area contributed by atoms with E-state index in [0.29, 0.717) is 23.6 Å². The van der Waals surface area contributed by atoms with Gasteiger partial charge in [-0.25, -0.2) is 0 Å². The van der Waals surface area contributed by atoms with Crippen molar-refractivity contribution in [2.75, 3.05) is 12.3 Å². The topological polar surface area (TPSA) is 59.0 Å². The second-order valence-corrected chi connectivity index (χ2v) is 3.95. The number of hydrogen-bond donors (Lipinski definition) is 1. The summed E-state index contributed by atoms with van der Waals surface area (Å²) >= 11 is 0. The molecule has 90 valence electrons. The van der Waals surface area contributed by atoms with E-state index in [0.717, 1.165) is 12.0 Å². The van der Waals surface area contributed by atoms with Crippen LogP contribution in [0.4, 0.5) is 5.69 Å². The summed E-state index contributed by atoms with van der Waals surface area (Å²) < 4.78 is 5.61. The van der Waals surface area contributed by atoms with Crippen LogP contribution in [0.1, 0.15) is 11.1 Å². The number of nitriles is 1. The third kappa shape index (κ3) is 3.02. The molecule has 2 aromatic rings. The molecule has 0 bridgehead atoms. The van der Waals surface area contributed by atoms with Crippen molar-refractivity contribution in [1.29, 1.82) is 5.26 Å². The molecule has 0 radical (unpaired) electrons. The number of nitrogen functional groups attached to an aromatic ring is 1. The maximum absolute atomic E-state index is 8.70. The van der Waals surface area contributed by atoms with Crippen LogP contribution in [0.5, 0.6) is 5.75 Å². The van der Waals surface area contributed by atoms with Gasteiger partial charge in [-0.15, -0.1) is 0 Å². The lowest BCUT2D eigenvalue weighted by Crippen LogP contribution is -2.03. The van der Waals surface area contributed by atoms with Gasteiger partial charge >= 0.3 is 0 Å². The molecule has 0 aromatic heterocycles. The highest BCUT2D eigenvalue weighted by molar-refractivity contribution is 5.51. The molecule has 0 aliphatic rings. The van der Waals surface area contributed by atoms with Crippen LogP contribution in [0.3, 0.4) is 0 Å². The number of anilines is 1. The highest BCUT2D eigenvalue weighted by atomic mass is 16.5. The van der Waals surface area contributed by atoms with Gasteiger partial charge in [-0.1, -0.05) is 24.3 Å². The van der Waals surface area contributed by atoms with Gasteiger partial charge in [-0.3, -0.25) is 0 Å². The van der Waals surface area contributed by atoms with E-state index in [-0.39, 0.29) is 0 Å². The van der Waals surface area contributed by atoms with E-state index in [2.05, 4.69) is 6.07 Å². The van der Waals surface area contributed by atoms with Crippen LogP contribution in [0.25, 0.3) is 0 Å². The number of para-hydroxylation sites is 2. The van der Waals surface area contributed by atoms with Crippen molar-refractivity contribution in [2.24, 2.45) is 0 Å². The van der Waals surface area contributed by atoms with Crippen LogP contribution in [-0.2, 0) is 6.42 Å². The molecule has 2 aromatic carbocycles. The minimum atomic E-state index is 0.570. The smallest absolute Gasteiger partial charge is 0.142 e. The van der Waals surface area contributed by atoms with E-state index < -0.39 is 0 Å². The standard InChI is InChI=1S/C15H14N2O/c16-11-13-7-5-12(6-8-13)9-10-18-15-4-2-1-3-14(15)17/h1-8H,9-10,17H2. The number of ether oxygens (including phenoxy) is 1. The highest BCUT2D eigenvalue weighted by Gasteiger charge is 1.99. The summed E-state index contributed by atoms with van der Waals surface area (Å²) in [6, 6.07) is 17.0. The Kier molecular flexibility index (Phi) is 3.83. The van der Waals surface area contributed by atoms with Gasteiger partial charge in [0.25, 0.3) is 0 Å². The van der Waals surface area contributed by atoms with E-state index in [4.69, 9.17) is 15.7 Å². The molecular weight excluding hydrogens is 224 g/mol. The first-order valence-electron chi connectivity index (χ1n) is 5.76. The molecule has 3 heteroatoms. The molecule has 0 aliphatic carbocycles. The molecule has 0 saturated carbocycles. The van der Waals surface area contributed by atoms with Crippen molar-refractivity contribution >= 4 is 5.69 Å². The summed E-state index contributed by atoms with van der Waals surface area (Å²) in [4.78, 5) is 0. The maximum atomic E-state index is 8.70. The van der Waals surface area contributed by atoms with Crippen molar-refractivity contribution in [3.63, 3.8) is 0 Å². The van der Waals surface area contributed by atoms with Crippen LogP contribution < -0.4 is 10.5 Å². The third-order valence-corrected chi connectivity index (χ3v) is 2.65. The second-order valence-electron chi connectivity index (χ2n) is 3.95. The van der Waals surface area contributed by atoms with Crippen molar-refractivity contribution in [2.45, 2.75) is 6.42 Å². The Morgan fingerprint density at radius 2 is 1.78 bits per heavy atom. The first-order chi connectivity index (χ1) is 8.79. The summed E-state index contributed by atoms with van der Waals surface area (Å²) in [6.45, 7) is 0.570. The van der Waals surface area contributed by atoms with Gasteiger partial charge in [0.2, 0.25) is 0 Å². The Balaban J connectivity index is 1.89. The van der Waals surface area contributed by atoms with Crippen LogP contribution in [0, 0.1) is 11.3 Å². The fourth-order valence-electron chi connectivity index (χ4n) is 1.64. The number of rotatable bonds is 4. The van der Waals surface area contributed by atoms with E-state index in [1.54, 1.807) is 0 Å². The lowest BCUT2D eigenvalue weighted by atomic mass is 10.1. The predicted molar refractivity (Wildman–Crippen MR) is 71.2 cm³/mol. The molecule has 2 rings (SSSR count). The zero-order chi connectivity index (χ0) is 12.8. The van der Waals surface area contributed by atoms with Crippen LogP contribution >= 0.6 is 0 Å². The van der Waals surface area contributed by atoms with E-state index >= 15 is 0 Å².